The van der Waals surface area contributed by atoms with E-state index in [1.165, 1.54) is 30.0 Å². The third-order valence-electron chi connectivity index (χ3n) is 1.07. The maximum absolute atomic E-state index is 10.6. The predicted molar refractivity (Wildman–Crippen MR) is 43.7 cm³/mol. The minimum atomic E-state index is 0.104. The lowest BCUT2D eigenvalue weighted by molar-refractivity contribution is -0.107. The van der Waals surface area contributed by atoms with Crippen LogP contribution in [0.1, 0.15) is 6.42 Å². The summed E-state index contributed by atoms with van der Waals surface area (Å²) in [6.07, 6.45) is 2.55. The lowest BCUT2D eigenvalue weighted by Gasteiger charge is -2.22. The van der Waals surface area contributed by atoms with Crippen molar-refractivity contribution in [2.24, 2.45) is 0 Å². The second-order valence-electron chi connectivity index (χ2n) is 1.73. The van der Waals surface area contributed by atoms with Crippen LogP contribution in [0.3, 0.4) is 0 Å². The average molecular weight is 160 g/mol. The van der Waals surface area contributed by atoms with Crippen LogP contribution in [0.5, 0.6) is 0 Å². The van der Waals surface area contributed by atoms with Crippen LogP contribution in [0, 0.1) is 0 Å². The lowest BCUT2D eigenvalue weighted by atomic mass is 10.5. The standard InChI is InChI=1S/C6H8OS2/c1-2-5(7)9-6-3-4-8-6/h2,6H,1,3-4H2. The van der Waals surface area contributed by atoms with Gasteiger partial charge in [-0.05, 0) is 18.2 Å². The van der Waals surface area contributed by atoms with Crippen LogP contribution in [0.25, 0.3) is 0 Å². The predicted octanol–water partition coefficient (Wildman–Crippen LogP) is 1.90. The minimum Gasteiger partial charge on any atom is -0.282 e. The number of carbonyl (C=O) groups excluding carboxylic acids is 1. The molecule has 1 fully saturated rings. The fraction of sp³-hybridized carbons (Fsp3) is 0.500. The molecule has 1 saturated heterocycles. The zero-order valence-electron chi connectivity index (χ0n) is 5.00. The van der Waals surface area contributed by atoms with Crippen molar-refractivity contribution in [1.29, 1.82) is 0 Å². The first kappa shape index (κ1) is 7.22. The smallest absolute Gasteiger partial charge is 0.212 e. The highest BCUT2D eigenvalue weighted by Crippen LogP contribution is 2.37. The lowest BCUT2D eigenvalue weighted by Crippen LogP contribution is -2.12. The van der Waals surface area contributed by atoms with E-state index in [1.54, 1.807) is 0 Å². The first-order chi connectivity index (χ1) is 4.33. The van der Waals surface area contributed by atoms with Crippen molar-refractivity contribution in [2.75, 3.05) is 5.75 Å². The third kappa shape index (κ3) is 2.06. The molecule has 0 aromatic carbocycles. The van der Waals surface area contributed by atoms with Crippen molar-refractivity contribution in [3.63, 3.8) is 0 Å². The number of carbonyl (C=O) groups is 1. The van der Waals surface area contributed by atoms with E-state index in [-0.39, 0.29) is 5.12 Å². The molecule has 1 rings (SSSR count). The molecule has 50 valence electrons. The molecule has 0 bridgehead atoms. The molecular formula is C6H8OS2. The van der Waals surface area contributed by atoms with Gasteiger partial charge in [-0.25, -0.2) is 0 Å². The third-order valence-corrected chi connectivity index (χ3v) is 3.74. The van der Waals surface area contributed by atoms with Gasteiger partial charge < -0.3 is 0 Å². The zero-order chi connectivity index (χ0) is 6.69. The van der Waals surface area contributed by atoms with E-state index in [0.29, 0.717) is 4.58 Å². The molecule has 0 N–H and O–H groups in total. The van der Waals surface area contributed by atoms with Crippen molar-refractivity contribution >= 4 is 28.6 Å². The Morgan fingerprint density at radius 3 is 2.89 bits per heavy atom. The summed E-state index contributed by atoms with van der Waals surface area (Å²) >= 11 is 3.24. The highest BCUT2D eigenvalue weighted by atomic mass is 32.2. The van der Waals surface area contributed by atoms with Crippen molar-refractivity contribution in [1.82, 2.24) is 0 Å². The molecule has 3 heteroatoms. The Morgan fingerprint density at radius 2 is 2.56 bits per heavy atom. The quantitative estimate of drug-likeness (QED) is 0.574. The van der Waals surface area contributed by atoms with E-state index >= 15 is 0 Å². The van der Waals surface area contributed by atoms with Gasteiger partial charge in [0.25, 0.3) is 0 Å². The van der Waals surface area contributed by atoms with Crippen molar-refractivity contribution in [3.8, 4) is 0 Å². The van der Waals surface area contributed by atoms with Crippen molar-refractivity contribution < 1.29 is 4.79 Å². The summed E-state index contributed by atoms with van der Waals surface area (Å²) in [4.78, 5) is 10.6. The van der Waals surface area contributed by atoms with E-state index in [0.717, 1.165) is 0 Å². The molecule has 1 aliphatic heterocycles. The molecule has 0 aliphatic carbocycles. The van der Waals surface area contributed by atoms with Gasteiger partial charge in [0, 0.05) is 0 Å². The Morgan fingerprint density at radius 1 is 1.89 bits per heavy atom. The molecule has 0 saturated carbocycles. The second-order valence-corrected chi connectivity index (χ2v) is 4.55. The van der Waals surface area contributed by atoms with Gasteiger partial charge in [-0.2, -0.15) is 0 Å². The summed E-state index contributed by atoms with van der Waals surface area (Å²) in [7, 11) is 0. The Bertz CT molecular complexity index is 129. The van der Waals surface area contributed by atoms with E-state index < -0.39 is 0 Å². The summed E-state index contributed by atoms with van der Waals surface area (Å²) in [5.41, 5.74) is 0. The van der Waals surface area contributed by atoms with Crippen LogP contribution in [-0.2, 0) is 4.79 Å². The summed E-state index contributed by atoms with van der Waals surface area (Å²) in [6.45, 7) is 3.39. The number of hydrogen-bond acceptors (Lipinski definition) is 3. The van der Waals surface area contributed by atoms with Crippen LogP contribution in [0.4, 0.5) is 0 Å². The highest BCUT2D eigenvalue weighted by Gasteiger charge is 2.20. The molecule has 0 amide bonds. The molecule has 1 aliphatic rings. The second kappa shape index (κ2) is 3.32. The molecule has 1 heterocycles. The summed E-state index contributed by atoms with van der Waals surface area (Å²) in [5.74, 6) is 1.21. The maximum atomic E-state index is 10.6. The van der Waals surface area contributed by atoms with Gasteiger partial charge in [0.2, 0.25) is 5.12 Å². The Balaban J connectivity index is 2.16. The summed E-state index contributed by atoms with van der Waals surface area (Å²) in [5, 5.41) is 0.104. The molecule has 0 spiro atoms. The van der Waals surface area contributed by atoms with E-state index in [4.69, 9.17) is 0 Å². The van der Waals surface area contributed by atoms with Crippen LogP contribution >= 0.6 is 23.5 Å². The normalized spacial score (nSPS) is 24.7. The first-order valence-electron chi connectivity index (χ1n) is 2.77. The fourth-order valence-corrected chi connectivity index (χ4v) is 2.52. The van der Waals surface area contributed by atoms with Gasteiger partial charge >= 0.3 is 0 Å². The molecule has 1 unspecified atom stereocenters. The van der Waals surface area contributed by atoms with Gasteiger partial charge in [-0.15, -0.1) is 11.8 Å². The van der Waals surface area contributed by atoms with Gasteiger partial charge in [-0.1, -0.05) is 18.3 Å². The topological polar surface area (TPSA) is 17.1 Å². The van der Waals surface area contributed by atoms with Gasteiger partial charge in [-0.3, -0.25) is 4.79 Å². The monoisotopic (exact) mass is 160 g/mol. The summed E-state index contributed by atoms with van der Waals surface area (Å²) < 4.78 is 0.524. The first-order valence-corrected chi connectivity index (χ1v) is 4.70. The molecule has 9 heavy (non-hydrogen) atoms. The summed E-state index contributed by atoms with van der Waals surface area (Å²) in [6, 6.07) is 0. The fourth-order valence-electron chi connectivity index (χ4n) is 0.485. The van der Waals surface area contributed by atoms with Crippen LogP contribution in [-0.4, -0.2) is 15.5 Å². The van der Waals surface area contributed by atoms with Crippen molar-refractivity contribution in [3.05, 3.63) is 12.7 Å². The van der Waals surface area contributed by atoms with Gasteiger partial charge in [0.05, 0.1) is 4.58 Å². The van der Waals surface area contributed by atoms with Gasteiger partial charge in [0.1, 0.15) is 0 Å². The minimum absolute atomic E-state index is 0.104. The van der Waals surface area contributed by atoms with E-state index in [1.807, 2.05) is 11.8 Å². The molecular weight excluding hydrogens is 152 g/mol. The van der Waals surface area contributed by atoms with Gasteiger partial charge in [0.15, 0.2) is 0 Å². The average Bonchev–Trinajstić information content (AvgIpc) is 1.78. The molecule has 0 aromatic rings. The SMILES string of the molecule is C=CC(=O)SC1CCS1. The highest BCUT2D eigenvalue weighted by molar-refractivity contribution is 8.25. The number of hydrogen-bond donors (Lipinski definition) is 0. The Kier molecular flexibility index (Phi) is 2.66. The number of rotatable bonds is 2. The maximum Gasteiger partial charge on any atom is 0.212 e. The molecule has 1 atom stereocenters. The Hall–Kier alpha value is 0.110. The molecule has 0 aromatic heterocycles. The zero-order valence-corrected chi connectivity index (χ0v) is 6.63. The Labute approximate surface area is 63.3 Å². The van der Waals surface area contributed by atoms with Crippen molar-refractivity contribution in [2.45, 2.75) is 11.0 Å². The largest absolute Gasteiger partial charge is 0.282 e. The number of thioether (sulfide) groups is 2. The van der Waals surface area contributed by atoms with E-state index in [2.05, 4.69) is 6.58 Å². The van der Waals surface area contributed by atoms with E-state index in [9.17, 15) is 4.79 Å². The van der Waals surface area contributed by atoms with Crippen LogP contribution in [0.15, 0.2) is 12.7 Å². The van der Waals surface area contributed by atoms with Crippen LogP contribution in [0.2, 0.25) is 0 Å². The molecule has 1 nitrogen and oxygen atoms in total. The molecule has 0 radical (unpaired) electrons. The van der Waals surface area contributed by atoms with Crippen LogP contribution < -0.4 is 0 Å².